The standard InChI is InChI=1S/C5H4ClN.HNO.Na.H2S/c6-5-3-1-2-4-7-5;1-2;;/h1-4H;1H;;1H2/q;;+1;/p-1. The van der Waals surface area contributed by atoms with E-state index in [1.165, 1.54) is 0 Å². The Labute approximate surface area is 99.1 Å². The van der Waals surface area contributed by atoms with E-state index in [9.17, 15) is 0 Å². The molecule has 1 aromatic rings. The maximum atomic E-state index is 7.50. The third kappa shape index (κ3) is 10.4. The number of thiol groups is 1. The Morgan fingerprint density at radius 2 is 1.91 bits per heavy atom. The minimum absolute atomic E-state index is 0. The molecule has 0 aliphatic heterocycles. The second-order valence-corrected chi connectivity index (χ2v) is 1.54. The minimum atomic E-state index is 0. The number of rotatable bonds is 0. The summed E-state index contributed by atoms with van der Waals surface area (Å²) in [5, 5.41) is 0.544. The summed E-state index contributed by atoms with van der Waals surface area (Å²) in [5.74, 6) is 0. The zero-order chi connectivity index (χ0) is 7.11. The van der Waals surface area contributed by atoms with Gasteiger partial charge in [0.2, 0.25) is 0 Å². The van der Waals surface area contributed by atoms with Crippen molar-refractivity contribution in [2.45, 2.75) is 0 Å². The first-order valence-electron chi connectivity index (χ1n) is 2.16. The largest absolute Gasteiger partial charge is 1.00 e. The molecule has 0 saturated heterocycles. The van der Waals surface area contributed by atoms with Gasteiger partial charge in [-0.05, 0) is 12.1 Å². The summed E-state index contributed by atoms with van der Waals surface area (Å²) in [7, 11) is 0. The van der Waals surface area contributed by atoms with Gasteiger partial charge < -0.3 is 13.5 Å². The van der Waals surface area contributed by atoms with Crippen LogP contribution in [0.5, 0.6) is 0 Å². The molecule has 3 nitrogen and oxygen atoms in total. The number of nitrogens with one attached hydrogen (secondary N) is 1. The maximum absolute atomic E-state index is 7.50. The molecule has 0 aliphatic rings. The van der Waals surface area contributed by atoms with Crippen molar-refractivity contribution in [1.82, 2.24) is 4.98 Å². The molecule has 0 radical (unpaired) electrons. The quantitative estimate of drug-likeness (QED) is 0.188. The molecule has 1 heterocycles. The van der Waals surface area contributed by atoms with E-state index in [1.54, 1.807) is 12.3 Å². The number of aromatic nitrogens is 1. The average Bonchev–Trinajstić information content (AvgIpc) is 1.94. The third-order valence-corrected chi connectivity index (χ3v) is 0.852. The van der Waals surface area contributed by atoms with E-state index in [0.717, 1.165) is 0 Å². The Morgan fingerprint density at radius 1 is 1.36 bits per heavy atom. The monoisotopic (exact) mass is 200 g/mol. The van der Waals surface area contributed by atoms with Gasteiger partial charge in [-0.15, -0.1) is 0 Å². The van der Waals surface area contributed by atoms with Gasteiger partial charge in [-0.25, -0.2) is 4.98 Å². The van der Waals surface area contributed by atoms with Crippen LogP contribution in [0.1, 0.15) is 0 Å². The summed E-state index contributed by atoms with van der Waals surface area (Å²) in [6.45, 7) is 0. The van der Waals surface area contributed by atoms with E-state index in [0.29, 0.717) is 5.15 Å². The van der Waals surface area contributed by atoms with Crippen LogP contribution in [0.2, 0.25) is 5.15 Å². The molecular weight excluding hydrogens is 195 g/mol. The van der Waals surface area contributed by atoms with Crippen LogP contribution in [-0.2, 0) is 13.5 Å². The first-order chi connectivity index (χ1) is 4.39. The summed E-state index contributed by atoms with van der Waals surface area (Å²) < 4.78 is 0. The summed E-state index contributed by atoms with van der Waals surface area (Å²) in [6, 6.07) is 5.41. The van der Waals surface area contributed by atoms with Gasteiger partial charge in [0.05, 0.1) is 0 Å². The molecule has 1 N–H and O–H groups in total. The van der Waals surface area contributed by atoms with Crippen LogP contribution in [0.4, 0.5) is 0 Å². The van der Waals surface area contributed by atoms with Crippen molar-refractivity contribution in [1.29, 1.82) is 5.59 Å². The second kappa shape index (κ2) is 13.0. The van der Waals surface area contributed by atoms with Gasteiger partial charge in [-0.2, -0.15) is 4.91 Å². The van der Waals surface area contributed by atoms with Crippen molar-refractivity contribution in [2.24, 2.45) is 0 Å². The van der Waals surface area contributed by atoms with Gasteiger partial charge in [0, 0.05) is 6.20 Å². The number of nitrogens with zero attached hydrogens (tertiary/aromatic N) is 1. The SMILES string of the molecule is Clc1ccccn1.N=O.[Na+].[SH-]. The Hall–Kier alpha value is 0.390. The van der Waals surface area contributed by atoms with Gasteiger partial charge in [0.25, 0.3) is 0 Å². The van der Waals surface area contributed by atoms with E-state index in [1.807, 2.05) is 12.1 Å². The summed E-state index contributed by atoms with van der Waals surface area (Å²) >= 11 is 5.43. The zero-order valence-corrected chi connectivity index (χ0v) is 9.64. The topological polar surface area (TPSA) is 53.8 Å². The Bertz CT molecular complexity index is 166. The van der Waals surface area contributed by atoms with E-state index in [-0.39, 0.29) is 43.1 Å². The maximum Gasteiger partial charge on any atom is 1.00 e. The fourth-order valence-electron chi connectivity index (χ4n) is 0.342. The van der Waals surface area contributed by atoms with Crippen LogP contribution in [0.3, 0.4) is 0 Å². The Balaban J connectivity index is -0.000000149. The van der Waals surface area contributed by atoms with Gasteiger partial charge in [0.1, 0.15) is 5.15 Å². The van der Waals surface area contributed by atoms with Crippen LogP contribution in [0.15, 0.2) is 24.4 Å². The smallest absolute Gasteiger partial charge is 0.813 e. The van der Waals surface area contributed by atoms with Gasteiger partial charge in [0.15, 0.2) is 0 Å². The average molecular weight is 201 g/mol. The molecule has 0 saturated carbocycles. The summed E-state index contributed by atoms with van der Waals surface area (Å²) in [5.41, 5.74) is 4.50. The van der Waals surface area contributed by atoms with Crippen molar-refractivity contribution < 1.29 is 29.6 Å². The van der Waals surface area contributed by atoms with Crippen LogP contribution in [0, 0.1) is 10.5 Å². The molecule has 0 fully saturated rings. The van der Waals surface area contributed by atoms with Gasteiger partial charge >= 0.3 is 29.6 Å². The second-order valence-electron chi connectivity index (χ2n) is 1.15. The van der Waals surface area contributed by atoms with E-state index >= 15 is 0 Å². The van der Waals surface area contributed by atoms with Crippen LogP contribution in [0.25, 0.3) is 0 Å². The van der Waals surface area contributed by atoms with Crippen molar-refractivity contribution in [3.8, 4) is 0 Å². The molecule has 0 amide bonds. The Morgan fingerprint density at radius 3 is 2.09 bits per heavy atom. The Kier molecular flexibility index (Phi) is 20.7. The van der Waals surface area contributed by atoms with E-state index in [2.05, 4.69) is 10.6 Å². The fourth-order valence-corrected chi connectivity index (χ4v) is 0.471. The minimum Gasteiger partial charge on any atom is -0.813 e. The number of hydrogen-bond donors (Lipinski definition) is 1. The van der Waals surface area contributed by atoms with Crippen molar-refractivity contribution in [3.63, 3.8) is 0 Å². The van der Waals surface area contributed by atoms with Crippen LogP contribution in [-0.4, -0.2) is 4.98 Å². The van der Waals surface area contributed by atoms with Crippen LogP contribution >= 0.6 is 11.6 Å². The first-order valence-corrected chi connectivity index (χ1v) is 2.54. The van der Waals surface area contributed by atoms with E-state index < -0.39 is 0 Å². The molecular formula is C5H6ClN2NaOS. The molecule has 0 atom stereocenters. The molecule has 1 rings (SSSR count). The van der Waals surface area contributed by atoms with Crippen LogP contribution < -0.4 is 29.6 Å². The predicted octanol–water partition coefficient (Wildman–Crippen LogP) is -1.20. The zero-order valence-electron chi connectivity index (χ0n) is 5.99. The van der Waals surface area contributed by atoms with Crippen molar-refractivity contribution in [2.75, 3.05) is 0 Å². The molecule has 0 aliphatic carbocycles. The molecule has 11 heavy (non-hydrogen) atoms. The molecule has 0 bridgehead atoms. The van der Waals surface area contributed by atoms with Crippen molar-refractivity contribution in [3.05, 3.63) is 34.5 Å². The number of nitroso groups, excluding NO2 is 1. The summed E-state index contributed by atoms with van der Waals surface area (Å²) in [4.78, 5) is 11.2. The molecule has 0 spiro atoms. The molecule has 1 aromatic heterocycles. The fraction of sp³-hybridized carbons (Fsp3) is 0. The number of pyridine rings is 1. The van der Waals surface area contributed by atoms with Gasteiger partial charge in [-0.3, -0.25) is 0 Å². The third-order valence-electron chi connectivity index (χ3n) is 0.629. The van der Waals surface area contributed by atoms with Crippen molar-refractivity contribution >= 4 is 25.1 Å². The normalized spacial score (nSPS) is 5.91. The summed E-state index contributed by atoms with van der Waals surface area (Å²) in [6.07, 6.45) is 1.66. The van der Waals surface area contributed by atoms with Gasteiger partial charge in [-0.1, -0.05) is 23.3 Å². The molecule has 6 heteroatoms. The number of hydrogen-bond acceptors (Lipinski definition) is 4. The van der Waals surface area contributed by atoms with E-state index in [4.69, 9.17) is 16.5 Å². The molecule has 0 aromatic carbocycles. The predicted molar refractivity (Wildman–Crippen MR) is 44.1 cm³/mol. The molecule has 0 unspecified atom stereocenters. The molecule has 56 valence electrons. The number of halogens is 1. The first kappa shape index (κ1) is 17.5.